The van der Waals surface area contributed by atoms with Gasteiger partial charge >= 0.3 is 6.18 Å². The monoisotopic (exact) mass is 508 g/mol. The summed E-state index contributed by atoms with van der Waals surface area (Å²) < 4.78 is 66.9. The molecule has 2 unspecified atom stereocenters. The fourth-order valence-corrected chi connectivity index (χ4v) is 5.56. The van der Waals surface area contributed by atoms with E-state index in [0.717, 1.165) is 12.7 Å². The number of alkyl halides is 3. The average molecular weight is 509 g/mol. The first-order valence-corrected chi connectivity index (χ1v) is 11.6. The van der Waals surface area contributed by atoms with Crippen LogP contribution in [0.15, 0.2) is 48.5 Å². The molecule has 10 heteroatoms. The van der Waals surface area contributed by atoms with Gasteiger partial charge in [-0.3, -0.25) is 9.59 Å². The van der Waals surface area contributed by atoms with Crippen LogP contribution in [-0.2, 0) is 19.9 Å². The number of carbonyl (C=O) groups excluding carboxylic acids is 2. The number of hydrogen-bond acceptors (Lipinski definition) is 4. The number of ether oxygens (including phenoxy) is 2. The van der Waals surface area contributed by atoms with Gasteiger partial charge in [0.25, 0.3) is 11.5 Å². The summed E-state index contributed by atoms with van der Waals surface area (Å²) in [5.41, 5.74) is -3.23. The maximum atomic E-state index is 14.5. The average Bonchev–Trinajstić information content (AvgIpc) is 2.85. The van der Waals surface area contributed by atoms with Gasteiger partial charge in [-0.2, -0.15) is 13.2 Å². The van der Waals surface area contributed by atoms with Gasteiger partial charge in [-0.15, -0.1) is 0 Å². The summed E-state index contributed by atoms with van der Waals surface area (Å²) in [5.74, 6) is -1.52. The molecule has 2 amide bonds. The molecule has 2 fully saturated rings. The molecule has 0 bridgehead atoms. The zero-order chi connectivity index (χ0) is 26.1. The molecule has 2 atom stereocenters. The van der Waals surface area contributed by atoms with Gasteiger partial charge in [-0.05, 0) is 48.1 Å². The number of halogens is 4. The molecule has 6 nitrogen and oxygen atoms in total. The largest absolute Gasteiger partial charge is 0.497 e. The number of rotatable bonds is 5. The summed E-state index contributed by atoms with van der Waals surface area (Å²) in [4.78, 5) is 27.0. The molecule has 0 saturated carbocycles. The molecule has 2 aliphatic heterocycles. The summed E-state index contributed by atoms with van der Waals surface area (Å²) in [7, 11) is 2.26. The third-order valence-corrected chi connectivity index (χ3v) is 7.58. The molecule has 2 aromatic rings. The number of carbonyl (C=O) groups is 2. The predicted molar refractivity (Wildman–Crippen MR) is 123 cm³/mol. The first-order chi connectivity index (χ1) is 17.1. The Kier molecular flexibility index (Phi) is 7.01. The summed E-state index contributed by atoms with van der Waals surface area (Å²) in [5, 5.41) is 2.84. The summed E-state index contributed by atoms with van der Waals surface area (Å²) in [6.07, 6.45) is -4.18. The van der Waals surface area contributed by atoms with E-state index in [-0.39, 0.29) is 42.7 Å². The third kappa shape index (κ3) is 4.42. The molecule has 2 aliphatic rings. The molecule has 1 N–H and O–H groups in total. The van der Waals surface area contributed by atoms with Crippen LogP contribution >= 0.6 is 0 Å². The van der Waals surface area contributed by atoms with Crippen LogP contribution in [0.4, 0.5) is 17.6 Å². The van der Waals surface area contributed by atoms with E-state index in [1.807, 2.05) is 0 Å². The van der Waals surface area contributed by atoms with Gasteiger partial charge in [0.2, 0.25) is 5.91 Å². The van der Waals surface area contributed by atoms with Crippen molar-refractivity contribution in [2.75, 3.05) is 33.9 Å². The lowest BCUT2D eigenvalue weighted by molar-refractivity contribution is -0.271. The Hall–Kier alpha value is -3.14. The number of methoxy groups -OCH3 is 2. The second kappa shape index (κ2) is 9.72. The van der Waals surface area contributed by atoms with Gasteiger partial charge in [0.05, 0.1) is 7.11 Å². The topological polar surface area (TPSA) is 67.9 Å². The molecule has 194 valence electrons. The van der Waals surface area contributed by atoms with Gasteiger partial charge in [0.1, 0.15) is 11.6 Å². The van der Waals surface area contributed by atoms with E-state index in [1.165, 1.54) is 48.4 Å². The quantitative estimate of drug-likeness (QED) is 0.617. The third-order valence-electron chi connectivity index (χ3n) is 7.58. The Morgan fingerprint density at radius 1 is 1.03 bits per heavy atom. The first-order valence-electron chi connectivity index (χ1n) is 11.6. The van der Waals surface area contributed by atoms with Crippen molar-refractivity contribution in [3.63, 3.8) is 0 Å². The number of benzene rings is 2. The maximum absolute atomic E-state index is 14.5. The number of nitrogens with zero attached hydrogens (tertiary/aromatic N) is 1. The smallest absolute Gasteiger partial charge is 0.430 e. The van der Waals surface area contributed by atoms with Crippen molar-refractivity contribution in [3.05, 3.63) is 65.5 Å². The Labute approximate surface area is 206 Å². The van der Waals surface area contributed by atoms with Crippen LogP contribution in [-0.4, -0.2) is 56.7 Å². The van der Waals surface area contributed by atoms with Crippen LogP contribution in [0, 0.1) is 11.2 Å². The number of hydrogen-bond donors (Lipinski definition) is 1. The second-order valence-electron chi connectivity index (χ2n) is 9.35. The van der Waals surface area contributed by atoms with E-state index in [2.05, 4.69) is 5.32 Å². The minimum absolute atomic E-state index is 0.0289. The van der Waals surface area contributed by atoms with E-state index >= 15 is 0 Å². The van der Waals surface area contributed by atoms with E-state index in [1.54, 1.807) is 12.1 Å². The number of likely N-dealkylation sites (tertiary alicyclic amines) is 1. The highest BCUT2D eigenvalue weighted by Crippen LogP contribution is 2.50. The van der Waals surface area contributed by atoms with Crippen LogP contribution in [0.3, 0.4) is 0 Å². The standard InChI is InChI=1S/C26H28F4N2O4/c1-35-20-9-5-18(6-10-20)25(36-2,26(28,29)30)23(34)32-13-11-24(12-14-32)15-22(33)31-16-21(24)17-3-7-19(27)8-4-17/h3-10,21H,11-16H2,1-2H3,(H,31,33). The normalized spacial score (nSPS) is 21.6. The Balaban J connectivity index is 1.62. The molecule has 2 saturated heterocycles. The van der Waals surface area contributed by atoms with Crippen LogP contribution in [0.25, 0.3) is 0 Å². The van der Waals surface area contributed by atoms with Crippen LogP contribution in [0.1, 0.15) is 36.3 Å². The minimum atomic E-state index is -5.02. The van der Waals surface area contributed by atoms with Crippen molar-refractivity contribution in [2.45, 2.75) is 37.0 Å². The molecule has 0 radical (unpaired) electrons. The molecular formula is C26H28F4N2O4. The van der Waals surface area contributed by atoms with Gasteiger partial charge < -0.3 is 19.7 Å². The molecular weight excluding hydrogens is 480 g/mol. The van der Waals surface area contributed by atoms with Gasteiger partial charge in [0, 0.05) is 44.6 Å². The fourth-order valence-electron chi connectivity index (χ4n) is 5.56. The summed E-state index contributed by atoms with van der Waals surface area (Å²) in [6, 6.07) is 11.1. The maximum Gasteiger partial charge on any atom is 0.430 e. The Morgan fingerprint density at radius 3 is 2.17 bits per heavy atom. The first kappa shape index (κ1) is 25.9. The molecule has 0 aliphatic carbocycles. The Morgan fingerprint density at radius 2 is 1.64 bits per heavy atom. The van der Waals surface area contributed by atoms with Crippen molar-refractivity contribution < 1.29 is 36.6 Å². The second-order valence-corrected chi connectivity index (χ2v) is 9.35. The molecule has 1 spiro atoms. The van der Waals surface area contributed by atoms with E-state index < -0.39 is 23.1 Å². The summed E-state index contributed by atoms with van der Waals surface area (Å²) >= 11 is 0. The number of nitrogens with one attached hydrogen (secondary N) is 1. The van der Waals surface area contributed by atoms with E-state index in [9.17, 15) is 27.2 Å². The highest BCUT2D eigenvalue weighted by Gasteiger charge is 2.64. The van der Waals surface area contributed by atoms with E-state index in [4.69, 9.17) is 9.47 Å². The Bertz CT molecular complexity index is 1100. The molecule has 2 heterocycles. The molecule has 0 aromatic heterocycles. The lowest BCUT2D eigenvalue weighted by atomic mass is 9.62. The van der Waals surface area contributed by atoms with Crippen LogP contribution in [0.5, 0.6) is 5.75 Å². The zero-order valence-electron chi connectivity index (χ0n) is 20.0. The van der Waals surface area contributed by atoms with Crippen molar-refractivity contribution in [1.82, 2.24) is 10.2 Å². The highest BCUT2D eigenvalue weighted by atomic mass is 19.4. The number of piperidine rings is 2. The molecule has 36 heavy (non-hydrogen) atoms. The van der Waals surface area contributed by atoms with Gasteiger partial charge in [0.15, 0.2) is 0 Å². The summed E-state index contributed by atoms with van der Waals surface area (Å²) in [6.45, 7) is 0.400. The van der Waals surface area contributed by atoms with Gasteiger partial charge in [-0.1, -0.05) is 24.3 Å². The van der Waals surface area contributed by atoms with Crippen molar-refractivity contribution >= 4 is 11.8 Å². The lowest BCUT2D eigenvalue weighted by Crippen LogP contribution is -2.60. The van der Waals surface area contributed by atoms with Crippen LogP contribution in [0.2, 0.25) is 0 Å². The number of amides is 2. The van der Waals surface area contributed by atoms with Crippen molar-refractivity contribution in [2.24, 2.45) is 5.41 Å². The zero-order valence-corrected chi connectivity index (χ0v) is 20.0. The lowest BCUT2D eigenvalue weighted by Gasteiger charge is -2.50. The highest BCUT2D eigenvalue weighted by molar-refractivity contribution is 5.88. The van der Waals surface area contributed by atoms with Crippen LogP contribution < -0.4 is 10.1 Å². The fraction of sp³-hybridized carbons (Fsp3) is 0.462. The molecule has 4 rings (SSSR count). The van der Waals surface area contributed by atoms with Crippen molar-refractivity contribution in [3.8, 4) is 5.75 Å². The minimum Gasteiger partial charge on any atom is -0.497 e. The van der Waals surface area contributed by atoms with Crippen molar-refractivity contribution in [1.29, 1.82) is 0 Å². The predicted octanol–water partition coefficient (Wildman–Crippen LogP) is 4.15. The SMILES string of the molecule is COc1ccc(C(OC)(C(=O)N2CCC3(CC2)CC(=O)NCC3c2ccc(F)cc2)C(F)(F)F)cc1. The van der Waals surface area contributed by atoms with Gasteiger partial charge in [-0.25, -0.2) is 4.39 Å². The van der Waals surface area contributed by atoms with E-state index in [0.29, 0.717) is 25.1 Å². The molecule has 2 aromatic carbocycles.